The molecule has 0 spiro atoms. The topological polar surface area (TPSA) is 53.0 Å². The fraction of sp³-hybridized carbons (Fsp3) is 0.667. The zero-order valence-corrected chi connectivity index (χ0v) is 18.2. The number of anilines is 1. The van der Waals surface area contributed by atoms with Crippen LogP contribution in [0.2, 0.25) is 0 Å². The summed E-state index contributed by atoms with van der Waals surface area (Å²) in [4.78, 5) is 13.7. The third-order valence-corrected chi connectivity index (χ3v) is 4.17. The predicted molar refractivity (Wildman–Crippen MR) is 115 cm³/mol. The Labute approximate surface area is 169 Å². The maximum atomic E-state index is 5.74. The van der Waals surface area contributed by atoms with Gasteiger partial charge in [-0.25, -0.2) is 9.98 Å². The minimum absolute atomic E-state index is 0. The molecule has 0 bridgehead atoms. The van der Waals surface area contributed by atoms with Gasteiger partial charge in [-0.3, -0.25) is 0 Å². The molecule has 0 radical (unpaired) electrons. The molecule has 25 heavy (non-hydrogen) atoms. The molecule has 7 heteroatoms. The number of hydrogen-bond donors (Lipinski definition) is 1. The van der Waals surface area contributed by atoms with E-state index in [1.54, 1.807) is 0 Å². The normalized spacial score (nSPS) is 15.7. The van der Waals surface area contributed by atoms with Crippen LogP contribution in [-0.4, -0.2) is 62.3 Å². The Bertz CT molecular complexity index is 530. The van der Waals surface area contributed by atoms with Gasteiger partial charge in [-0.2, -0.15) is 0 Å². The van der Waals surface area contributed by atoms with Gasteiger partial charge in [-0.1, -0.05) is 6.07 Å². The number of aliphatic imine (C=N–C) groups is 1. The Morgan fingerprint density at radius 2 is 2.08 bits per heavy atom. The van der Waals surface area contributed by atoms with E-state index in [1.165, 1.54) is 0 Å². The second-order valence-electron chi connectivity index (χ2n) is 6.19. The van der Waals surface area contributed by atoms with Crippen molar-refractivity contribution < 1.29 is 4.74 Å². The molecule has 1 aromatic heterocycles. The average Bonchev–Trinajstić information content (AvgIpc) is 2.60. The standard InChI is InChI=1S/C18H31N5O.HI/c1-5-19-18(23-12-9-16(10-13-23)24-6-2)21-14-15-8-7-11-20-17(15)22(3)4;/h7-8,11,16H,5-6,9-10,12-14H2,1-4H3,(H,19,21);1H. The molecule has 1 aliphatic heterocycles. The summed E-state index contributed by atoms with van der Waals surface area (Å²) in [6.07, 6.45) is 4.35. The van der Waals surface area contributed by atoms with Crippen LogP contribution in [0.3, 0.4) is 0 Å². The van der Waals surface area contributed by atoms with Crippen LogP contribution in [0, 0.1) is 0 Å². The number of piperidine rings is 1. The van der Waals surface area contributed by atoms with Gasteiger partial charge in [0.25, 0.3) is 0 Å². The Morgan fingerprint density at radius 1 is 1.36 bits per heavy atom. The number of ether oxygens (including phenoxy) is 1. The maximum absolute atomic E-state index is 5.74. The SMILES string of the molecule is CCNC(=NCc1cccnc1N(C)C)N1CCC(OCC)CC1.I. The summed E-state index contributed by atoms with van der Waals surface area (Å²) >= 11 is 0. The van der Waals surface area contributed by atoms with E-state index in [0.717, 1.165) is 56.4 Å². The minimum atomic E-state index is 0. The molecule has 0 amide bonds. The third-order valence-electron chi connectivity index (χ3n) is 4.17. The smallest absolute Gasteiger partial charge is 0.194 e. The molecule has 1 N–H and O–H groups in total. The van der Waals surface area contributed by atoms with Crippen LogP contribution in [0.15, 0.2) is 23.3 Å². The van der Waals surface area contributed by atoms with Gasteiger partial charge in [0.1, 0.15) is 5.82 Å². The van der Waals surface area contributed by atoms with Crippen molar-refractivity contribution in [2.24, 2.45) is 4.99 Å². The van der Waals surface area contributed by atoms with Crippen molar-refractivity contribution in [1.82, 2.24) is 15.2 Å². The second-order valence-corrected chi connectivity index (χ2v) is 6.19. The van der Waals surface area contributed by atoms with Gasteiger partial charge in [0.15, 0.2) is 5.96 Å². The number of guanidine groups is 1. The first kappa shape index (κ1) is 22.0. The van der Waals surface area contributed by atoms with E-state index < -0.39 is 0 Å². The van der Waals surface area contributed by atoms with Crippen molar-refractivity contribution >= 4 is 35.8 Å². The van der Waals surface area contributed by atoms with Crippen LogP contribution >= 0.6 is 24.0 Å². The molecule has 2 heterocycles. The molecule has 1 aliphatic rings. The number of likely N-dealkylation sites (tertiary alicyclic amines) is 1. The molecule has 1 aromatic rings. The predicted octanol–water partition coefficient (Wildman–Crippen LogP) is 2.73. The molecule has 142 valence electrons. The molecule has 0 aromatic carbocycles. The maximum Gasteiger partial charge on any atom is 0.194 e. The van der Waals surface area contributed by atoms with Gasteiger partial charge < -0.3 is 19.9 Å². The summed E-state index contributed by atoms with van der Waals surface area (Å²) in [6, 6.07) is 4.06. The second kappa shape index (κ2) is 11.5. The minimum Gasteiger partial charge on any atom is -0.378 e. The number of nitrogens with one attached hydrogen (secondary N) is 1. The van der Waals surface area contributed by atoms with Crippen molar-refractivity contribution in [1.29, 1.82) is 0 Å². The van der Waals surface area contributed by atoms with Crippen LogP contribution in [0.4, 0.5) is 5.82 Å². The highest BCUT2D eigenvalue weighted by Gasteiger charge is 2.21. The van der Waals surface area contributed by atoms with Gasteiger partial charge in [-0.15, -0.1) is 24.0 Å². The highest BCUT2D eigenvalue weighted by atomic mass is 127. The first-order chi connectivity index (χ1) is 11.7. The van der Waals surface area contributed by atoms with Crippen LogP contribution in [0.1, 0.15) is 32.3 Å². The molecule has 0 aliphatic carbocycles. The van der Waals surface area contributed by atoms with E-state index in [4.69, 9.17) is 9.73 Å². The summed E-state index contributed by atoms with van der Waals surface area (Å²) in [5, 5.41) is 3.42. The van der Waals surface area contributed by atoms with E-state index in [9.17, 15) is 0 Å². The van der Waals surface area contributed by atoms with E-state index in [2.05, 4.69) is 35.1 Å². The lowest BCUT2D eigenvalue weighted by molar-refractivity contribution is 0.0263. The van der Waals surface area contributed by atoms with Gasteiger partial charge in [0.2, 0.25) is 0 Å². The lowest BCUT2D eigenvalue weighted by Gasteiger charge is -2.34. The van der Waals surface area contributed by atoms with Crippen molar-refractivity contribution in [2.75, 3.05) is 45.2 Å². The van der Waals surface area contributed by atoms with Crippen LogP contribution in [0.5, 0.6) is 0 Å². The number of hydrogen-bond acceptors (Lipinski definition) is 4. The van der Waals surface area contributed by atoms with Crippen molar-refractivity contribution in [3.05, 3.63) is 23.9 Å². The molecule has 2 rings (SSSR count). The quantitative estimate of drug-likeness (QED) is 0.401. The van der Waals surface area contributed by atoms with Crippen LogP contribution in [-0.2, 0) is 11.3 Å². The third kappa shape index (κ3) is 6.62. The summed E-state index contributed by atoms with van der Waals surface area (Å²) in [5.41, 5.74) is 1.14. The highest BCUT2D eigenvalue weighted by Crippen LogP contribution is 2.17. The lowest BCUT2D eigenvalue weighted by atomic mass is 10.1. The first-order valence-corrected chi connectivity index (χ1v) is 8.91. The van der Waals surface area contributed by atoms with E-state index >= 15 is 0 Å². The molecule has 0 atom stereocenters. The van der Waals surface area contributed by atoms with Gasteiger partial charge in [-0.05, 0) is 32.8 Å². The average molecular weight is 461 g/mol. The number of pyridine rings is 1. The summed E-state index contributed by atoms with van der Waals surface area (Å²) in [6.45, 7) is 8.46. The Balaban J connectivity index is 0.00000312. The lowest BCUT2D eigenvalue weighted by Crippen LogP contribution is -2.47. The highest BCUT2D eigenvalue weighted by molar-refractivity contribution is 14.0. The molecular weight excluding hydrogens is 429 g/mol. The molecule has 0 saturated carbocycles. The summed E-state index contributed by atoms with van der Waals surface area (Å²) in [7, 11) is 4.03. The van der Waals surface area contributed by atoms with Gasteiger partial charge in [0, 0.05) is 52.1 Å². The van der Waals surface area contributed by atoms with Crippen molar-refractivity contribution in [3.63, 3.8) is 0 Å². The van der Waals surface area contributed by atoms with Gasteiger partial charge >= 0.3 is 0 Å². The monoisotopic (exact) mass is 461 g/mol. The zero-order chi connectivity index (χ0) is 17.4. The van der Waals surface area contributed by atoms with E-state index in [-0.39, 0.29) is 24.0 Å². The van der Waals surface area contributed by atoms with E-state index in [0.29, 0.717) is 12.6 Å². The largest absolute Gasteiger partial charge is 0.378 e. The molecule has 6 nitrogen and oxygen atoms in total. The van der Waals surface area contributed by atoms with Crippen molar-refractivity contribution in [3.8, 4) is 0 Å². The van der Waals surface area contributed by atoms with Crippen LogP contribution < -0.4 is 10.2 Å². The zero-order valence-electron chi connectivity index (χ0n) is 15.9. The number of rotatable bonds is 6. The molecule has 1 saturated heterocycles. The van der Waals surface area contributed by atoms with Gasteiger partial charge in [0.05, 0.1) is 12.6 Å². The van der Waals surface area contributed by atoms with Crippen LogP contribution in [0.25, 0.3) is 0 Å². The fourth-order valence-corrected chi connectivity index (χ4v) is 3.01. The fourth-order valence-electron chi connectivity index (χ4n) is 3.01. The number of halogens is 1. The number of nitrogens with zero attached hydrogens (tertiary/aromatic N) is 4. The Morgan fingerprint density at radius 3 is 2.68 bits per heavy atom. The molecule has 1 fully saturated rings. The molecule has 0 unspecified atom stereocenters. The first-order valence-electron chi connectivity index (χ1n) is 8.91. The van der Waals surface area contributed by atoms with Crippen molar-refractivity contribution in [2.45, 2.75) is 39.3 Å². The Hall–Kier alpha value is -1.09. The Kier molecular flexibility index (Phi) is 10.1. The molecular formula is C18H32IN5O. The summed E-state index contributed by atoms with van der Waals surface area (Å²) in [5.74, 6) is 1.97. The summed E-state index contributed by atoms with van der Waals surface area (Å²) < 4.78 is 5.74. The van der Waals surface area contributed by atoms with E-state index in [1.807, 2.05) is 31.3 Å². The number of aromatic nitrogens is 1.